The van der Waals surface area contributed by atoms with Crippen molar-refractivity contribution in [3.8, 4) is 0 Å². The van der Waals surface area contributed by atoms with Gasteiger partial charge in [-0.2, -0.15) is 0 Å². The van der Waals surface area contributed by atoms with Crippen LogP contribution in [-0.4, -0.2) is 48.5 Å². The van der Waals surface area contributed by atoms with Crippen molar-refractivity contribution in [2.45, 2.75) is 30.8 Å². The van der Waals surface area contributed by atoms with E-state index in [-0.39, 0.29) is 5.60 Å². The van der Waals surface area contributed by atoms with Crippen molar-refractivity contribution < 1.29 is 19.4 Å². The summed E-state index contributed by atoms with van der Waals surface area (Å²) in [6.45, 7) is 1.93. The molecule has 2 atom stereocenters. The van der Waals surface area contributed by atoms with E-state index in [4.69, 9.17) is 14.6 Å². The number of fused-ring (bicyclic) bond motifs is 1. The summed E-state index contributed by atoms with van der Waals surface area (Å²) in [5.74, 6) is -1.22. The van der Waals surface area contributed by atoms with Gasteiger partial charge in [0.15, 0.2) is 5.13 Å². The summed E-state index contributed by atoms with van der Waals surface area (Å²) in [6, 6.07) is 0. The number of carboxylic acid groups (broad SMARTS) is 1. The first-order valence-electron chi connectivity index (χ1n) is 6.73. The second kappa shape index (κ2) is 5.31. The molecule has 7 heteroatoms. The SMILES string of the molecule is COC1(CNc2nc3c(s2)CCC3C(=O)O)CCOC1. The van der Waals surface area contributed by atoms with Crippen molar-refractivity contribution in [1.82, 2.24) is 4.98 Å². The molecule has 0 amide bonds. The Morgan fingerprint density at radius 2 is 2.55 bits per heavy atom. The predicted octanol–water partition coefficient (Wildman–Crippen LogP) is 1.47. The van der Waals surface area contributed by atoms with E-state index in [1.54, 1.807) is 18.4 Å². The molecule has 1 aromatic rings. The fourth-order valence-electron chi connectivity index (χ4n) is 2.74. The Kier molecular flexibility index (Phi) is 3.66. The average Bonchev–Trinajstić information content (AvgIpc) is 3.11. The van der Waals surface area contributed by atoms with Crippen molar-refractivity contribution in [3.63, 3.8) is 0 Å². The first-order valence-corrected chi connectivity index (χ1v) is 7.54. The molecule has 20 heavy (non-hydrogen) atoms. The van der Waals surface area contributed by atoms with Crippen LogP contribution in [0.5, 0.6) is 0 Å². The molecule has 2 N–H and O–H groups in total. The zero-order valence-corrected chi connectivity index (χ0v) is 12.2. The molecule has 2 heterocycles. The monoisotopic (exact) mass is 298 g/mol. The maximum atomic E-state index is 11.1. The Hall–Kier alpha value is -1.18. The number of anilines is 1. The van der Waals surface area contributed by atoms with Gasteiger partial charge < -0.3 is 19.9 Å². The highest BCUT2D eigenvalue weighted by Gasteiger charge is 2.36. The molecule has 1 fully saturated rings. The number of rotatable bonds is 5. The van der Waals surface area contributed by atoms with Gasteiger partial charge in [-0.05, 0) is 12.8 Å². The molecule has 110 valence electrons. The van der Waals surface area contributed by atoms with Gasteiger partial charge in [0, 0.05) is 31.6 Å². The van der Waals surface area contributed by atoms with E-state index in [1.807, 2.05) is 0 Å². The number of hydrogen-bond acceptors (Lipinski definition) is 6. The summed E-state index contributed by atoms with van der Waals surface area (Å²) in [5, 5.41) is 13.2. The Balaban J connectivity index is 1.68. The first-order chi connectivity index (χ1) is 9.63. The number of aromatic nitrogens is 1. The van der Waals surface area contributed by atoms with E-state index in [0.717, 1.165) is 28.5 Å². The molecule has 0 aromatic carbocycles. The molecule has 0 bridgehead atoms. The van der Waals surface area contributed by atoms with Gasteiger partial charge in [-0.1, -0.05) is 0 Å². The smallest absolute Gasteiger partial charge is 0.312 e. The molecular formula is C13H18N2O4S. The lowest BCUT2D eigenvalue weighted by Gasteiger charge is -2.25. The van der Waals surface area contributed by atoms with Gasteiger partial charge in [0.25, 0.3) is 0 Å². The van der Waals surface area contributed by atoms with Crippen LogP contribution in [0.1, 0.15) is 29.3 Å². The fourth-order valence-corrected chi connectivity index (χ4v) is 3.77. The zero-order chi connectivity index (χ0) is 14.2. The Morgan fingerprint density at radius 1 is 1.70 bits per heavy atom. The molecule has 0 radical (unpaired) electrons. The van der Waals surface area contributed by atoms with Crippen LogP contribution in [-0.2, 0) is 20.7 Å². The third-order valence-electron chi connectivity index (χ3n) is 4.08. The second-order valence-corrected chi connectivity index (χ2v) is 6.38. The summed E-state index contributed by atoms with van der Waals surface area (Å²) in [6.07, 6.45) is 2.34. The fraction of sp³-hybridized carbons (Fsp3) is 0.692. The normalized spacial score (nSPS) is 28.6. The van der Waals surface area contributed by atoms with Crippen molar-refractivity contribution in [1.29, 1.82) is 0 Å². The molecular weight excluding hydrogens is 280 g/mol. The summed E-state index contributed by atoms with van der Waals surface area (Å²) in [7, 11) is 1.69. The number of aliphatic carboxylic acids is 1. The molecule has 1 saturated heterocycles. The highest BCUT2D eigenvalue weighted by molar-refractivity contribution is 7.15. The lowest BCUT2D eigenvalue weighted by molar-refractivity contribution is -0.138. The number of aryl methyl sites for hydroxylation is 1. The second-order valence-electron chi connectivity index (χ2n) is 5.30. The van der Waals surface area contributed by atoms with Crippen molar-refractivity contribution in [3.05, 3.63) is 10.6 Å². The van der Waals surface area contributed by atoms with E-state index in [1.165, 1.54) is 0 Å². The molecule has 6 nitrogen and oxygen atoms in total. The standard InChI is InChI=1S/C13H18N2O4S/c1-18-13(4-5-19-7-13)6-14-12-15-10-8(11(16)17)2-3-9(10)20-12/h8H,2-7H2,1H3,(H,14,15)(H,16,17). The van der Waals surface area contributed by atoms with Crippen LogP contribution in [0.25, 0.3) is 0 Å². The number of methoxy groups -OCH3 is 1. The Morgan fingerprint density at radius 3 is 3.20 bits per heavy atom. The van der Waals surface area contributed by atoms with Crippen LogP contribution in [0.15, 0.2) is 0 Å². The van der Waals surface area contributed by atoms with Crippen LogP contribution >= 0.6 is 11.3 Å². The van der Waals surface area contributed by atoms with Crippen molar-refractivity contribution in [2.24, 2.45) is 0 Å². The predicted molar refractivity (Wildman–Crippen MR) is 74.5 cm³/mol. The molecule has 3 rings (SSSR count). The van der Waals surface area contributed by atoms with Crippen molar-refractivity contribution in [2.75, 3.05) is 32.2 Å². The van der Waals surface area contributed by atoms with Crippen molar-refractivity contribution >= 4 is 22.4 Å². The average molecular weight is 298 g/mol. The third-order valence-corrected chi connectivity index (χ3v) is 5.17. The maximum Gasteiger partial charge on any atom is 0.312 e. The lowest BCUT2D eigenvalue weighted by Crippen LogP contribution is -2.39. The van der Waals surface area contributed by atoms with Crippen LogP contribution < -0.4 is 5.32 Å². The highest BCUT2D eigenvalue weighted by Crippen LogP contribution is 2.38. The van der Waals surface area contributed by atoms with E-state index < -0.39 is 11.9 Å². The number of thiazole rings is 1. The number of nitrogens with one attached hydrogen (secondary N) is 1. The van der Waals surface area contributed by atoms with E-state index in [9.17, 15) is 4.79 Å². The number of ether oxygens (including phenoxy) is 2. The van der Waals surface area contributed by atoms with Crippen LogP contribution in [0.3, 0.4) is 0 Å². The summed E-state index contributed by atoms with van der Waals surface area (Å²) < 4.78 is 10.9. The number of carboxylic acids is 1. The molecule has 2 aliphatic rings. The summed E-state index contributed by atoms with van der Waals surface area (Å²) >= 11 is 1.55. The minimum Gasteiger partial charge on any atom is -0.481 e. The first kappa shape index (κ1) is 13.8. The number of hydrogen-bond donors (Lipinski definition) is 2. The van der Waals surface area contributed by atoms with Gasteiger partial charge in [-0.15, -0.1) is 11.3 Å². The van der Waals surface area contributed by atoms with Gasteiger partial charge in [0.05, 0.1) is 12.3 Å². The topological polar surface area (TPSA) is 80.7 Å². The van der Waals surface area contributed by atoms with Gasteiger partial charge in [0.2, 0.25) is 0 Å². The Bertz CT molecular complexity index is 510. The molecule has 0 spiro atoms. The minimum atomic E-state index is -0.779. The quantitative estimate of drug-likeness (QED) is 0.857. The van der Waals surface area contributed by atoms with Gasteiger partial charge >= 0.3 is 5.97 Å². The summed E-state index contributed by atoms with van der Waals surface area (Å²) in [4.78, 5) is 16.7. The number of carbonyl (C=O) groups is 1. The van der Waals surface area contributed by atoms with E-state index in [0.29, 0.717) is 26.2 Å². The van der Waals surface area contributed by atoms with Gasteiger partial charge in [-0.3, -0.25) is 4.79 Å². The lowest BCUT2D eigenvalue weighted by atomic mass is 10.0. The van der Waals surface area contributed by atoms with E-state index >= 15 is 0 Å². The third kappa shape index (κ3) is 2.41. The minimum absolute atomic E-state index is 0.289. The molecule has 1 aliphatic carbocycles. The molecule has 0 saturated carbocycles. The van der Waals surface area contributed by atoms with Gasteiger partial charge in [-0.25, -0.2) is 4.98 Å². The summed E-state index contributed by atoms with van der Waals surface area (Å²) in [5.41, 5.74) is 0.446. The maximum absolute atomic E-state index is 11.1. The number of nitrogens with zero attached hydrogens (tertiary/aromatic N) is 1. The van der Waals surface area contributed by atoms with E-state index in [2.05, 4.69) is 10.3 Å². The Labute approximate surface area is 121 Å². The van der Waals surface area contributed by atoms with Crippen LogP contribution in [0.2, 0.25) is 0 Å². The largest absolute Gasteiger partial charge is 0.481 e. The molecule has 1 aliphatic heterocycles. The van der Waals surface area contributed by atoms with Crippen LogP contribution in [0, 0.1) is 0 Å². The van der Waals surface area contributed by atoms with Crippen LogP contribution in [0.4, 0.5) is 5.13 Å². The van der Waals surface area contributed by atoms with Gasteiger partial charge in [0.1, 0.15) is 11.5 Å². The molecule has 1 aromatic heterocycles. The molecule has 2 unspecified atom stereocenters. The highest BCUT2D eigenvalue weighted by atomic mass is 32.1. The zero-order valence-electron chi connectivity index (χ0n) is 11.3.